The topological polar surface area (TPSA) is 63.6 Å². The highest BCUT2D eigenvalue weighted by Crippen LogP contribution is 2.26. The van der Waals surface area contributed by atoms with E-state index in [-0.39, 0.29) is 0 Å². The molecule has 1 N–H and O–H groups in total. The molecular weight excluding hydrogens is 179 g/mol. The number of rotatable bonds is 3. The monoisotopic (exact) mass is 186 g/mol. The Morgan fingerprint density at radius 3 is 2.42 bits per heavy atom. The van der Waals surface area contributed by atoms with E-state index in [4.69, 9.17) is 5.11 Å². The standard InChI is InChI=1S/C7H7O4P/c8-7(9)12(10)11-6-4-2-1-3-5-6/h1-5,12H,(H,8,9). The molecular formula is C7H7O4P. The second-order valence-electron chi connectivity index (χ2n) is 2.01. The van der Waals surface area contributed by atoms with Crippen LogP contribution in [0.2, 0.25) is 0 Å². The molecule has 0 bridgehead atoms. The van der Waals surface area contributed by atoms with Gasteiger partial charge in [-0.05, 0) is 12.1 Å². The Hall–Kier alpha value is -1.28. The van der Waals surface area contributed by atoms with Crippen molar-refractivity contribution < 1.29 is 19.0 Å². The molecule has 4 nitrogen and oxygen atoms in total. The zero-order chi connectivity index (χ0) is 8.97. The van der Waals surface area contributed by atoms with Crippen LogP contribution in [0.4, 0.5) is 4.79 Å². The molecule has 0 aromatic heterocycles. The van der Waals surface area contributed by atoms with Gasteiger partial charge in [0.25, 0.3) is 0 Å². The molecule has 1 aromatic carbocycles. The van der Waals surface area contributed by atoms with Gasteiger partial charge in [-0.25, -0.2) is 4.79 Å². The Morgan fingerprint density at radius 2 is 1.92 bits per heavy atom. The van der Waals surface area contributed by atoms with Gasteiger partial charge in [-0.2, -0.15) is 0 Å². The van der Waals surface area contributed by atoms with Crippen LogP contribution in [0.25, 0.3) is 0 Å². The number of hydrogen-bond acceptors (Lipinski definition) is 3. The first-order valence-electron chi connectivity index (χ1n) is 3.20. The summed E-state index contributed by atoms with van der Waals surface area (Å²) in [5.74, 6) is 0.309. The molecule has 1 rings (SSSR count). The van der Waals surface area contributed by atoms with Crippen LogP contribution < -0.4 is 4.52 Å². The fourth-order valence-corrected chi connectivity index (χ4v) is 1.08. The quantitative estimate of drug-likeness (QED) is 0.735. The summed E-state index contributed by atoms with van der Waals surface area (Å²) in [4.78, 5) is 10.1. The maximum Gasteiger partial charge on any atom is 0.398 e. The Balaban J connectivity index is 2.65. The molecule has 1 aromatic rings. The average molecular weight is 186 g/mol. The van der Waals surface area contributed by atoms with Gasteiger partial charge in [0.2, 0.25) is 0 Å². The van der Waals surface area contributed by atoms with Crippen molar-refractivity contribution in [3.63, 3.8) is 0 Å². The smallest absolute Gasteiger partial charge is 0.398 e. The molecule has 0 aliphatic heterocycles. The highest BCUT2D eigenvalue weighted by molar-refractivity contribution is 7.58. The zero-order valence-corrected chi connectivity index (χ0v) is 7.06. The van der Waals surface area contributed by atoms with Gasteiger partial charge in [-0.1, -0.05) is 18.2 Å². The van der Waals surface area contributed by atoms with E-state index in [2.05, 4.69) is 4.52 Å². The minimum atomic E-state index is -2.99. The first-order valence-corrected chi connectivity index (χ1v) is 4.52. The highest BCUT2D eigenvalue weighted by Gasteiger charge is 2.09. The van der Waals surface area contributed by atoms with Crippen molar-refractivity contribution >= 4 is 13.7 Å². The van der Waals surface area contributed by atoms with E-state index in [0.717, 1.165) is 0 Å². The molecule has 0 amide bonds. The van der Waals surface area contributed by atoms with Crippen molar-refractivity contribution in [3.05, 3.63) is 30.3 Å². The summed E-state index contributed by atoms with van der Waals surface area (Å²) >= 11 is 0. The van der Waals surface area contributed by atoms with Crippen molar-refractivity contribution in [3.8, 4) is 5.75 Å². The summed E-state index contributed by atoms with van der Waals surface area (Å²) in [5.41, 5.74) is -1.41. The van der Waals surface area contributed by atoms with E-state index in [9.17, 15) is 9.36 Å². The minimum absolute atomic E-state index is 0.309. The maximum absolute atomic E-state index is 10.7. The number of carboxylic acid groups (broad SMARTS) is 1. The van der Waals surface area contributed by atoms with E-state index in [0.29, 0.717) is 5.75 Å². The van der Waals surface area contributed by atoms with Gasteiger partial charge in [0, 0.05) is 0 Å². The second-order valence-corrected chi connectivity index (χ2v) is 3.21. The fourth-order valence-electron chi connectivity index (χ4n) is 0.639. The van der Waals surface area contributed by atoms with Gasteiger partial charge in [0.05, 0.1) is 0 Å². The summed E-state index contributed by atoms with van der Waals surface area (Å²) in [5, 5.41) is 8.25. The first-order chi connectivity index (χ1) is 5.70. The first kappa shape index (κ1) is 8.81. The molecule has 64 valence electrons. The van der Waals surface area contributed by atoms with Crippen LogP contribution in [0.15, 0.2) is 30.3 Å². The molecule has 12 heavy (non-hydrogen) atoms. The summed E-state index contributed by atoms with van der Waals surface area (Å²) < 4.78 is 15.3. The van der Waals surface area contributed by atoms with Gasteiger partial charge in [0.1, 0.15) is 5.75 Å². The lowest BCUT2D eigenvalue weighted by molar-refractivity contribution is 0.217. The summed E-state index contributed by atoms with van der Waals surface area (Å²) in [6, 6.07) is 8.19. The Labute approximate surface area is 69.7 Å². The van der Waals surface area contributed by atoms with Crippen molar-refractivity contribution in [2.75, 3.05) is 0 Å². The number of para-hydroxylation sites is 1. The van der Waals surface area contributed by atoms with Crippen molar-refractivity contribution in [1.29, 1.82) is 0 Å². The summed E-state index contributed by atoms with van der Waals surface area (Å²) in [7, 11) is -2.99. The lowest BCUT2D eigenvalue weighted by atomic mass is 10.3. The van der Waals surface area contributed by atoms with E-state index in [1.807, 2.05) is 0 Å². The predicted octanol–water partition coefficient (Wildman–Crippen LogP) is 2.22. The molecule has 0 heterocycles. The molecule has 0 aliphatic carbocycles. The largest absolute Gasteiger partial charge is 0.473 e. The van der Waals surface area contributed by atoms with E-state index >= 15 is 0 Å². The molecule has 0 saturated heterocycles. The van der Waals surface area contributed by atoms with Crippen LogP contribution in [0.3, 0.4) is 0 Å². The molecule has 5 heteroatoms. The van der Waals surface area contributed by atoms with Crippen LogP contribution in [-0.2, 0) is 4.57 Å². The number of carbonyl (C=O) groups is 1. The maximum atomic E-state index is 10.7. The second kappa shape index (κ2) is 3.93. The molecule has 1 unspecified atom stereocenters. The Bertz CT molecular complexity index is 296. The normalized spacial score (nSPS) is 12.0. The average Bonchev–Trinajstić information content (AvgIpc) is 2.06. The van der Waals surface area contributed by atoms with Gasteiger partial charge in [-0.15, -0.1) is 0 Å². The van der Waals surface area contributed by atoms with Crippen LogP contribution in [0, 0.1) is 0 Å². The molecule has 0 radical (unpaired) electrons. The molecule has 0 fully saturated rings. The fraction of sp³-hybridized carbons (Fsp3) is 0. The predicted molar refractivity (Wildman–Crippen MR) is 44.1 cm³/mol. The Morgan fingerprint density at radius 1 is 1.33 bits per heavy atom. The van der Waals surface area contributed by atoms with E-state index in [1.165, 1.54) is 0 Å². The van der Waals surface area contributed by atoms with Gasteiger partial charge in [0.15, 0.2) is 0 Å². The third kappa shape index (κ3) is 2.40. The lowest BCUT2D eigenvalue weighted by Crippen LogP contribution is -1.89. The highest BCUT2D eigenvalue weighted by atomic mass is 31.1. The van der Waals surface area contributed by atoms with E-state index < -0.39 is 13.7 Å². The van der Waals surface area contributed by atoms with Gasteiger partial charge < -0.3 is 9.63 Å². The van der Waals surface area contributed by atoms with Crippen molar-refractivity contribution in [2.45, 2.75) is 0 Å². The zero-order valence-electron chi connectivity index (χ0n) is 6.06. The SMILES string of the molecule is O=C(O)[PH](=O)Oc1ccccc1. The van der Waals surface area contributed by atoms with Gasteiger partial charge >= 0.3 is 13.7 Å². The molecule has 0 spiro atoms. The number of benzene rings is 1. The minimum Gasteiger partial charge on any atom is -0.473 e. The van der Waals surface area contributed by atoms with Crippen LogP contribution in [-0.4, -0.2) is 10.8 Å². The lowest BCUT2D eigenvalue weighted by Gasteiger charge is -2.00. The molecule has 0 saturated carbocycles. The van der Waals surface area contributed by atoms with Crippen LogP contribution >= 0.6 is 8.03 Å². The van der Waals surface area contributed by atoms with Crippen molar-refractivity contribution in [2.24, 2.45) is 0 Å². The molecule has 0 aliphatic rings. The third-order valence-electron chi connectivity index (χ3n) is 1.13. The van der Waals surface area contributed by atoms with Crippen LogP contribution in [0.1, 0.15) is 0 Å². The molecule has 1 atom stereocenters. The van der Waals surface area contributed by atoms with E-state index in [1.54, 1.807) is 30.3 Å². The summed E-state index contributed by atoms with van der Waals surface area (Å²) in [6.07, 6.45) is 0. The summed E-state index contributed by atoms with van der Waals surface area (Å²) in [6.45, 7) is 0. The van der Waals surface area contributed by atoms with Crippen molar-refractivity contribution in [1.82, 2.24) is 0 Å². The third-order valence-corrected chi connectivity index (χ3v) is 1.90. The van der Waals surface area contributed by atoms with Crippen LogP contribution in [0.5, 0.6) is 5.75 Å². The Kier molecular flexibility index (Phi) is 2.88. The van der Waals surface area contributed by atoms with Gasteiger partial charge in [-0.3, -0.25) is 4.57 Å². The number of hydrogen-bond donors (Lipinski definition) is 1.